The summed E-state index contributed by atoms with van der Waals surface area (Å²) >= 11 is 0. The molecule has 2 heterocycles. The molecule has 2 aliphatic rings. The van der Waals surface area contributed by atoms with Gasteiger partial charge in [0.2, 0.25) is 11.8 Å². The highest BCUT2D eigenvalue weighted by atomic mass is 16.6. The van der Waals surface area contributed by atoms with Crippen LogP contribution in [-0.2, 0) is 14.3 Å². The molecule has 7 heteroatoms. The van der Waals surface area contributed by atoms with Crippen LogP contribution in [0.5, 0.6) is 0 Å². The summed E-state index contributed by atoms with van der Waals surface area (Å²) in [6.45, 7) is 6.63. The third-order valence-corrected chi connectivity index (χ3v) is 5.83. The standard InChI is InChI=1S/C24H27N3O4/c1-4-31-24(30)26-15-16(2)27(17(3)28)21-12-9-19(14-22(21)26)18-7-10-20(11-8-18)25-13-5-6-23(25)29/h7-12,14,16H,4-6,13,15H2,1-3H3. The smallest absolute Gasteiger partial charge is 0.414 e. The molecule has 1 atom stereocenters. The molecule has 0 N–H and O–H groups in total. The van der Waals surface area contributed by atoms with Crippen molar-refractivity contribution >= 4 is 35.0 Å². The van der Waals surface area contributed by atoms with Crippen molar-refractivity contribution in [3.63, 3.8) is 0 Å². The maximum atomic E-state index is 12.6. The van der Waals surface area contributed by atoms with E-state index in [1.54, 1.807) is 16.7 Å². The van der Waals surface area contributed by atoms with Crippen LogP contribution in [0.25, 0.3) is 11.1 Å². The van der Waals surface area contributed by atoms with Gasteiger partial charge in [-0.1, -0.05) is 18.2 Å². The molecule has 1 saturated heterocycles. The van der Waals surface area contributed by atoms with E-state index in [9.17, 15) is 14.4 Å². The number of anilines is 3. The summed E-state index contributed by atoms with van der Waals surface area (Å²) in [5, 5.41) is 0. The Balaban J connectivity index is 1.71. The average Bonchev–Trinajstić information content (AvgIpc) is 3.18. The highest BCUT2D eigenvalue weighted by Gasteiger charge is 2.34. The average molecular weight is 421 g/mol. The van der Waals surface area contributed by atoms with E-state index in [1.165, 1.54) is 6.92 Å². The highest BCUT2D eigenvalue weighted by molar-refractivity contribution is 6.03. The number of carbonyl (C=O) groups is 3. The van der Waals surface area contributed by atoms with Gasteiger partial charge < -0.3 is 14.5 Å². The zero-order chi connectivity index (χ0) is 22.1. The van der Waals surface area contributed by atoms with Gasteiger partial charge in [-0.3, -0.25) is 14.5 Å². The second kappa shape index (κ2) is 8.41. The van der Waals surface area contributed by atoms with E-state index < -0.39 is 6.09 Å². The number of amides is 3. The Labute approximate surface area is 182 Å². The first-order chi connectivity index (χ1) is 14.9. The fraction of sp³-hybridized carbons (Fsp3) is 0.375. The monoisotopic (exact) mass is 421 g/mol. The van der Waals surface area contributed by atoms with Gasteiger partial charge in [-0.2, -0.15) is 0 Å². The van der Waals surface area contributed by atoms with Crippen molar-refractivity contribution in [2.75, 3.05) is 34.4 Å². The first-order valence-electron chi connectivity index (χ1n) is 10.7. The topological polar surface area (TPSA) is 70.2 Å². The molecule has 2 aromatic rings. The van der Waals surface area contributed by atoms with Gasteiger partial charge in [-0.25, -0.2) is 4.79 Å². The SMILES string of the molecule is CCOC(=O)N1CC(C)N(C(C)=O)c2ccc(-c3ccc(N4CCCC4=O)cc3)cc21. The predicted molar refractivity (Wildman–Crippen MR) is 120 cm³/mol. The molecule has 0 spiro atoms. The van der Waals surface area contributed by atoms with Crippen LogP contribution in [-0.4, -0.2) is 43.6 Å². The maximum Gasteiger partial charge on any atom is 0.414 e. The van der Waals surface area contributed by atoms with Crippen LogP contribution in [0.2, 0.25) is 0 Å². The van der Waals surface area contributed by atoms with E-state index in [0.29, 0.717) is 24.3 Å². The van der Waals surface area contributed by atoms with Crippen molar-refractivity contribution < 1.29 is 19.1 Å². The molecular weight excluding hydrogens is 394 g/mol. The lowest BCUT2D eigenvalue weighted by Gasteiger charge is -2.40. The Kier molecular flexibility index (Phi) is 5.67. The summed E-state index contributed by atoms with van der Waals surface area (Å²) in [6, 6.07) is 13.5. The summed E-state index contributed by atoms with van der Waals surface area (Å²) in [7, 11) is 0. The van der Waals surface area contributed by atoms with Gasteiger partial charge in [0.25, 0.3) is 0 Å². The molecule has 7 nitrogen and oxygen atoms in total. The van der Waals surface area contributed by atoms with Crippen molar-refractivity contribution in [3.8, 4) is 11.1 Å². The zero-order valence-electron chi connectivity index (χ0n) is 18.1. The van der Waals surface area contributed by atoms with E-state index in [4.69, 9.17) is 4.74 Å². The molecule has 4 rings (SSSR count). The Morgan fingerprint density at radius 2 is 1.77 bits per heavy atom. The van der Waals surface area contributed by atoms with Crippen LogP contribution in [0.1, 0.15) is 33.6 Å². The summed E-state index contributed by atoms with van der Waals surface area (Å²) in [5.41, 5.74) is 4.14. The van der Waals surface area contributed by atoms with Gasteiger partial charge in [0.1, 0.15) is 0 Å². The molecule has 162 valence electrons. The van der Waals surface area contributed by atoms with Gasteiger partial charge in [0.05, 0.1) is 24.0 Å². The minimum atomic E-state index is -0.418. The fourth-order valence-corrected chi connectivity index (χ4v) is 4.41. The summed E-state index contributed by atoms with van der Waals surface area (Å²) in [6.07, 6.45) is 1.07. The molecular formula is C24H27N3O4. The van der Waals surface area contributed by atoms with E-state index >= 15 is 0 Å². The second-order valence-electron chi connectivity index (χ2n) is 7.95. The molecule has 1 unspecified atom stereocenters. The number of benzene rings is 2. The van der Waals surface area contributed by atoms with E-state index in [0.717, 1.165) is 29.8 Å². The Morgan fingerprint density at radius 3 is 2.39 bits per heavy atom. The number of carbonyl (C=O) groups excluding carboxylic acids is 3. The van der Waals surface area contributed by atoms with E-state index in [1.807, 2.05) is 54.3 Å². The van der Waals surface area contributed by atoms with Crippen LogP contribution in [0.3, 0.4) is 0 Å². The first-order valence-corrected chi connectivity index (χ1v) is 10.7. The molecule has 2 aromatic carbocycles. The first kappa shape index (κ1) is 20.9. The molecule has 1 fully saturated rings. The van der Waals surface area contributed by atoms with Crippen LogP contribution >= 0.6 is 0 Å². The Bertz CT molecular complexity index is 1020. The molecule has 2 aliphatic heterocycles. The molecule has 0 aliphatic carbocycles. The van der Waals surface area contributed by atoms with Crippen molar-refractivity contribution in [2.45, 2.75) is 39.7 Å². The van der Waals surface area contributed by atoms with Crippen LogP contribution < -0.4 is 14.7 Å². The summed E-state index contributed by atoms with van der Waals surface area (Å²) in [4.78, 5) is 42.0. The van der Waals surface area contributed by atoms with Crippen molar-refractivity contribution in [1.29, 1.82) is 0 Å². The predicted octanol–water partition coefficient (Wildman–Crippen LogP) is 4.20. The lowest BCUT2D eigenvalue weighted by Crippen LogP contribution is -2.51. The highest BCUT2D eigenvalue weighted by Crippen LogP contribution is 2.39. The summed E-state index contributed by atoms with van der Waals surface area (Å²) in [5.74, 6) is 0.0923. The van der Waals surface area contributed by atoms with Gasteiger partial charge >= 0.3 is 6.09 Å². The molecule has 0 bridgehead atoms. The molecule has 0 saturated carbocycles. The Morgan fingerprint density at radius 1 is 1.06 bits per heavy atom. The van der Waals surface area contributed by atoms with E-state index in [2.05, 4.69) is 0 Å². The number of fused-ring (bicyclic) bond motifs is 1. The fourth-order valence-electron chi connectivity index (χ4n) is 4.41. The number of nitrogens with zero attached hydrogens (tertiary/aromatic N) is 3. The lowest BCUT2D eigenvalue weighted by atomic mass is 10.0. The molecule has 0 aromatic heterocycles. The van der Waals surface area contributed by atoms with Gasteiger partial charge in [0, 0.05) is 32.1 Å². The largest absolute Gasteiger partial charge is 0.449 e. The quantitative estimate of drug-likeness (QED) is 0.745. The minimum absolute atomic E-state index is 0.0651. The molecule has 31 heavy (non-hydrogen) atoms. The van der Waals surface area contributed by atoms with Crippen molar-refractivity contribution in [2.24, 2.45) is 0 Å². The van der Waals surface area contributed by atoms with Gasteiger partial charge in [-0.05, 0) is 55.7 Å². The summed E-state index contributed by atoms with van der Waals surface area (Å²) < 4.78 is 5.26. The number of ether oxygens (including phenoxy) is 1. The number of hydrogen-bond acceptors (Lipinski definition) is 4. The van der Waals surface area contributed by atoms with E-state index in [-0.39, 0.29) is 24.5 Å². The maximum absolute atomic E-state index is 12.6. The van der Waals surface area contributed by atoms with Crippen LogP contribution in [0.4, 0.5) is 21.9 Å². The van der Waals surface area contributed by atoms with Crippen molar-refractivity contribution in [1.82, 2.24) is 0 Å². The number of rotatable bonds is 3. The normalized spacial score (nSPS) is 18.2. The number of hydrogen-bond donors (Lipinski definition) is 0. The third-order valence-electron chi connectivity index (χ3n) is 5.83. The van der Waals surface area contributed by atoms with Gasteiger partial charge in [-0.15, -0.1) is 0 Å². The van der Waals surface area contributed by atoms with Gasteiger partial charge in [0.15, 0.2) is 0 Å². The van der Waals surface area contributed by atoms with Crippen molar-refractivity contribution in [3.05, 3.63) is 42.5 Å². The minimum Gasteiger partial charge on any atom is -0.449 e. The van der Waals surface area contributed by atoms with Crippen LogP contribution in [0, 0.1) is 0 Å². The Hall–Kier alpha value is -3.35. The second-order valence-corrected chi connectivity index (χ2v) is 7.95. The molecule has 3 amide bonds. The van der Waals surface area contributed by atoms with Crippen LogP contribution in [0.15, 0.2) is 42.5 Å². The zero-order valence-corrected chi connectivity index (χ0v) is 18.1. The lowest BCUT2D eigenvalue weighted by molar-refractivity contribution is -0.117. The molecule has 0 radical (unpaired) electrons. The third kappa shape index (κ3) is 3.87.